The second-order valence-corrected chi connectivity index (χ2v) is 11.6. The molecule has 190 valence electrons. The summed E-state index contributed by atoms with van der Waals surface area (Å²) in [6.45, 7) is 7.00. The number of nitrogens with zero attached hydrogens (tertiary/aromatic N) is 3. The molecule has 2 aromatic carbocycles. The maximum absolute atomic E-state index is 13.1. The van der Waals surface area contributed by atoms with Crippen molar-refractivity contribution in [2.45, 2.75) is 31.6 Å². The topological polar surface area (TPSA) is 91.8 Å². The van der Waals surface area contributed by atoms with Crippen LogP contribution in [0, 0.1) is 19.8 Å². The average Bonchev–Trinajstić information content (AvgIpc) is 2.90. The van der Waals surface area contributed by atoms with Crippen molar-refractivity contribution >= 4 is 38.3 Å². The van der Waals surface area contributed by atoms with Crippen LogP contribution in [-0.4, -0.2) is 63.0 Å². The van der Waals surface area contributed by atoms with E-state index in [-0.39, 0.29) is 16.7 Å². The first-order chi connectivity index (χ1) is 17.3. The molecular weight excluding hydrogens is 476 g/mol. The molecule has 2 fully saturated rings. The molecule has 2 aliphatic rings. The largest absolute Gasteiger partial charge is 0.379 e. The number of amides is 1. The number of carbonyl (C=O) groups is 1. The maximum Gasteiger partial charge on any atom is 0.243 e. The predicted octanol–water partition coefficient (Wildman–Crippen LogP) is 3.73. The average molecular weight is 509 g/mol. The molecule has 1 aromatic heterocycles. The predicted molar refractivity (Wildman–Crippen MR) is 141 cm³/mol. The molecule has 1 atom stereocenters. The lowest BCUT2D eigenvalue weighted by Gasteiger charge is -2.33. The third-order valence-electron chi connectivity index (χ3n) is 7.02. The van der Waals surface area contributed by atoms with E-state index in [1.54, 1.807) is 18.2 Å². The van der Waals surface area contributed by atoms with Crippen molar-refractivity contribution < 1.29 is 17.9 Å². The summed E-state index contributed by atoms with van der Waals surface area (Å²) < 4.78 is 32.8. The quantitative estimate of drug-likeness (QED) is 0.565. The van der Waals surface area contributed by atoms with Gasteiger partial charge in [-0.25, -0.2) is 13.4 Å². The SMILES string of the molecule is Cc1ccc(C)c(NC(=O)[C@@H]2CCCN(c3ccc4cc(S(=O)(=O)N5CCOCC5)ccc4n3)C2)c1. The van der Waals surface area contributed by atoms with E-state index in [4.69, 9.17) is 9.72 Å². The van der Waals surface area contributed by atoms with Crippen molar-refractivity contribution in [2.24, 2.45) is 5.92 Å². The molecule has 8 nitrogen and oxygen atoms in total. The molecular formula is C27H32N4O4S. The Bertz CT molecular complexity index is 1390. The van der Waals surface area contributed by atoms with Crippen molar-refractivity contribution in [2.75, 3.05) is 49.6 Å². The second kappa shape index (κ2) is 10.2. The highest BCUT2D eigenvalue weighted by Gasteiger charge is 2.28. The number of pyridine rings is 1. The van der Waals surface area contributed by atoms with Gasteiger partial charge in [-0.15, -0.1) is 0 Å². The van der Waals surface area contributed by atoms with E-state index in [0.29, 0.717) is 32.8 Å². The molecule has 0 spiro atoms. The number of anilines is 2. The minimum Gasteiger partial charge on any atom is -0.379 e. The van der Waals surface area contributed by atoms with E-state index in [1.165, 1.54) is 4.31 Å². The normalized spacial score (nSPS) is 19.4. The number of benzene rings is 2. The van der Waals surface area contributed by atoms with Crippen LogP contribution in [0.25, 0.3) is 10.9 Å². The number of carbonyl (C=O) groups excluding carboxylic acids is 1. The van der Waals surface area contributed by atoms with Crippen molar-refractivity contribution in [3.8, 4) is 0 Å². The first kappa shape index (κ1) is 24.7. The van der Waals surface area contributed by atoms with Crippen LogP contribution < -0.4 is 10.2 Å². The fourth-order valence-electron chi connectivity index (χ4n) is 4.87. The molecule has 3 heterocycles. The smallest absolute Gasteiger partial charge is 0.243 e. The number of nitrogens with one attached hydrogen (secondary N) is 1. The van der Waals surface area contributed by atoms with Crippen LogP contribution in [0.15, 0.2) is 53.4 Å². The number of hydrogen-bond donors (Lipinski definition) is 1. The molecule has 36 heavy (non-hydrogen) atoms. The van der Waals surface area contributed by atoms with Crippen LogP contribution in [0.1, 0.15) is 24.0 Å². The zero-order valence-electron chi connectivity index (χ0n) is 20.7. The lowest BCUT2D eigenvalue weighted by atomic mass is 9.96. The van der Waals surface area contributed by atoms with Gasteiger partial charge in [0.2, 0.25) is 15.9 Å². The Morgan fingerprint density at radius 2 is 1.83 bits per heavy atom. The molecule has 0 radical (unpaired) electrons. The van der Waals surface area contributed by atoms with Gasteiger partial charge >= 0.3 is 0 Å². The molecule has 0 aliphatic carbocycles. The lowest BCUT2D eigenvalue weighted by molar-refractivity contribution is -0.120. The Labute approximate surface area is 212 Å². The van der Waals surface area contributed by atoms with Gasteiger partial charge in [0, 0.05) is 37.3 Å². The van der Waals surface area contributed by atoms with E-state index < -0.39 is 10.0 Å². The van der Waals surface area contributed by atoms with E-state index in [9.17, 15) is 13.2 Å². The summed E-state index contributed by atoms with van der Waals surface area (Å²) in [5.41, 5.74) is 3.76. The summed E-state index contributed by atoms with van der Waals surface area (Å²) in [6, 6.07) is 15.0. The molecule has 0 saturated carbocycles. The highest BCUT2D eigenvalue weighted by atomic mass is 32.2. The third kappa shape index (κ3) is 5.09. The molecule has 1 amide bonds. The Hall–Kier alpha value is -3.01. The van der Waals surface area contributed by atoms with Crippen LogP contribution in [0.4, 0.5) is 11.5 Å². The van der Waals surface area contributed by atoms with Crippen molar-refractivity contribution in [3.63, 3.8) is 0 Å². The molecule has 3 aromatic rings. The van der Waals surface area contributed by atoms with Gasteiger partial charge in [-0.05, 0) is 74.2 Å². The van der Waals surface area contributed by atoms with Gasteiger partial charge < -0.3 is 15.0 Å². The molecule has 2 aliphatic heterocycles. The summed E-state index contributed by atoms with van der Waals surface area (Å²) in [5, 5.41) is 3.89. The second-order valence-electron chi connectivity index (χ2n) is 9.63. The Balaban J connectivity index is 1.31. The Kier molecular flexibility index (Phi) is 6.96. The van der Waals surface area contributed by atoms with E-state index in [0.717, 1.165) is 52.9 Å². The minimum absolute atomic E-state index is 0.0344. The van der Waals surface area contributed by atoms with Crippen LogP contribution in [0.2, 0.25) is 0 Å². The number of sulfonamides is 1. The first-order valence-corrected chi connectivity index (χ1v) is 13.9. The van der Waals surface area contributed by atoms with Gasteiger partial charge in [0.25, 0.3) is 0 Å². The van der Waals surface area contributed by atoms with Gasteiger partial charge in [-0.1, -0.05) is 12.1 Å². The molecule has 2 saturated heterocycles. The summed E-state index contributed by atoms with van der Waals surface area (Å²) >= 11 is 0. The monoisotopic (exact) mass is 508 g/mol. The van der Waals surface area contributed by atoms with Gasteiger partial charge in [0.15, 0.2) is 0 Å². The number of aryl methyl sites for hydroxylation is 2. The van der Waals surface area contributed by atoms with Gasteiger partial charge in [-0.2, -0.15) is 4.31 Å². The lowest BCUT2D eigenvalue weighted by Crippen LogP contribution is -2.41. The fourth-order valence-corrected chi connectivity index (χ4v) is 6.31. The number of rotatable bonds is 5. The zero-order chi connectivity index (χ0) is 25.3. The molecule has 5 rings (SSSR count). The molecule has 0 unspecified atom stereocenters. The summed E-state index contributed by atoms with van der Waals surface area (Å²) in [4.78, 5) is 20.3. The van der Waals surface area contributed by atoms with Crippen LogP contribution >= 0.6 is 0 Å². The number of hydrogen-bond acceptors (Lipinski definition) is 6. The van der Waals surface area contributed by atoms with Gasteiger partial charge in [0.1, 0.15) is 5.82 Å². The fraction of sp³-hybridized carbons (Fsp3) is 0.407. The molecule has 9 heteroatoms. The van der Waals surface area contributed by atoms with Crippen LogP contribution in [0.3, 0.4) is 0 Å². The molecule has 1 N–H and O–H groups in total. The minimum atomic E-state index is -3.56. The van der Waals surface area contributed by atoms with Crippen molar-refractivity contribution in [1.29, 1.82) is 0 Å². The van der Waals surface area contributed by atoms with Crippen LogP contribution in [-0.2, 0) is 19.6 Å². The standard InChI is InChI=1S/C27H32N4O4S/c1-19-5-6-20(2)25(16-19)29-27(32)22-4-3-11-30(18-22)26-10-7-21-17-23(8-9-24(21)28-26)36(33,34)31-12-14-35-15-13-31/h5-10,16-17,22H,3-4,11-15,18H2,1-2H3,(H,29,32)/t22-/m1/s1. The number of morpholine rings is 1. The highest BCUT2D eigenvalue weighted by molar-refractivity contribution is 7.89. The van der Waals surface area contributed by atoms with Gasteiger partial charge in [0.05, 0.1) is 29.5 Å². The zero-order valence-corrected chi connectivity index (χ0v) is 21.6. The highest BCUT2D eigenvalue weighted by Crippen LogP contribution is 2.27. The summed E-state index contributed by atoms with van der Waals surface area (Å²) in [5.74, 6) is 0.708. The number of fused-ring (bicyclic) bond motifs is 1. The van der Waals surface area contributed by atoms with E-state index in [1.807, 2.05) is 44.2 Å². The number of aromatic nitrogens is 1. The van der Waals surface area contributed by atoms with Crippen molar-refractivity contribution in [1.82, 2.24) is 9.29 Å². The maximum atomic E-state index is 13.1. The van der Waals surface area contributed by atoms with Crippen molar-refractivity contribution in [3.05, 3.63) is 59.7 Å². The summed E-state index contributed by atoms with van der Waals surface area (Å²) in [6.07, 6.45) is 1.74. The van der Waals surface area contributed by atoms with E-state index in [2.05, 4.69) is 10.2 Å². The van der Waals surface area contributed by atoms with Crippen LogP contribution in [0.5, 0.6) is 0 Å². The third-order valence-corrected chi connectivity index (χ3v) is 8.92. The Morgan fingerprint density at radius 3 is 2.64 bits per heavy atom. The number of ether oxygens (including phenoxy) is 1. The first-order valence-electron chi connectivity index (χ1n) is 12.4. The Morgan fingerprint density at radius 1 is 1.03 bits per heavy atom. The van der Waals surface area contributed by atoms with E-state index >= 15 is 0 Å². The number of piperidine rings is 1. The molecule has 0 bridgehead atoms. The summed E-state index contributed by atoms with van der Waals surface area (Å²) in [7, 11) is -3.56. The van der Waals surface area contributed by atoms with Gasteiger partial charge in [-0.3, -0.25) is 4.79 Å².